The van der Waals surface area contributed by atoms with Gasteiger partial charge in [0, 0.05) is 35.1 Å². The first-order valence-electron chi connectivity index (χ1n) is 12.1. The number of hydrogen-bond donors (Lipinski definition) is 4. The molecule has 186 valence electrons. The second-order valence-corrected chi connectivity index (χ2v) is 9.84. The number of hydrogen-bond acceptors (Lipinski definition) is 5. The number of rotatable bonds is 5. The van der Waals surface area contributed by atoms with Crippen LogP contribution in [0.3, 0.4) is 0 Å². The molecule has 8 heteroatoms. The normalized spacial score (nSPS) is 25.1. The first-order chi connectivity index (χ1) is 17.8. The van der Waals surface area contributed by atoms with Crippen LogP contribution in [0.5, 0.6) is 5.75 Å². The lowest BCUT2D eigenvalue weighted by molar-refractivity contribution is -0.148. The second-order valence-electron chi connectivity index (χ2n) is 9.84. The summed E-state index contributed by atoms with van der Waals surface area (Å²) >= 11 is 0. The summed E-state index contributed by atoms with van der Waals surface area (Å²) in [4.78, 5) is 45.3. The molecule has 0 spiro atoms. The fourth-order valence-electron chi connectivity index (χ4n) is 5.98. The van der Waals surface area contributed by atoms with Gasteiger partial charge in [0.2, 0.25) is 11.8 Å². The number of phenols is 1. The molecular weight excluding hydrogens is 470 g/mol. The Labute approximate surface area is 212 Å². The molecule has 2 aliphatic rings. The predicted octanol–water partition coefficient (Wildman–Crippen LogP) is 3.70. The maximum Gasteiger partial charge on any atom is 0.325 e. The fraction of sp³-hybridized carbons (Fsp3) is 0.207. The molecule has 0 unspecified atom stereocenters. The molecule has 2 fully saturated rings. The zero-order valence-electron chi connectivity index (χ0n) is 20.0. The molecule has 2 aliphatic heterocycles. The molecule has 37 heavy (non-hydrogen) atoms. The maximum atomic E-state index is 14.0. The monoisotopic (exact) mass is 495 g/mol. The second kappa shape index (κ2) is 8.31. The van der Waals surface area contributed by atoms with E-state index < -0.39 is 41.2 Å². The number of para-hydroxylation sites is 2. The SMILES string of the molecule is Cc1ccc(N2C(=O)[C@H]3[C@@H](c4ccccc4O)N[C@@](Cc4c[nH]c5ccccc45)(C(=O)O)[C@@H]3C2=O)cc1. The largest absolute Gasteiger partial charge is 0.508 e. The zero-order chi connectivity index (χ0) is 25.9. The van der Waals surface area contributed by atoms with Crippen molar-refractivity contribution >= 4 is 34.4 Å². The number of aromatic nitrogens is 1. The Morgan fingerprint density at radius 1 is 0.973 bits per heavy atom. The van der Waals surface area contributed by atoms with E-state index in [-0.39, 0.29) is 12.2 Å². The number of aliphatic carboxylic acids is 1. The summed E-state index contributed by atoms with van der Waals surface area (Å²) < 4.78 is 0. The molecule has 3 aromatic carbocycles. The Morgan fingerprint density at radius 2 is 1.68 bits per heavy atom. The summed E-state index contributed by atoms with van der Waals surface area (Å²) in [5, 5.41) is 25.4. The summed E-state index contributed by atoms with van der Waals surface area (Å²) in [6, 6.07) is 20.2. The van der Waals surface area contributed by atoms with Gasteiger partial charge in [-0.05, 0) is 36.8 Å². The third-order valence-corrected chi connectivity index (χ3v) is 7.74. The van der Waals surface area contributed by atoms with Crippen molar-refractivity contribution < 1.29 is 24.6 Å². The van der Waals surface area contributed by atoms with Crippen molar-refractivity contribution in [2.75, 3.05) is 4.90 Å². The number of aryl methyl sites for hydroxylation is 1. The lowest BCUT2D eigenvalue weighted by Crippen LogP contribution is -2.57. The molecule has 0 aliphatic carbocycles. The standard InChI is InChI=1S/C29H25N3O5/c1-16-10-12-18(13-11-16)32-26(34)23-24(27(32)35)29(28(36)37,31-25(23)20-7-3-5-9-22(20)33)14-17-15-30-21-8-4-2-6-19(17)21/h2-13,15,23-25,30-31,33H,14H2,1H3,(H,36,37)/t23-,24+,25-,29-/m1/s1. The third kappa shape index (κ3) is 3.37. The number of nitrogens with one attached hydrogen (secondary N) is 2. The number of carboxylic acids is 1. The average molecular weight is 496 g/mol. The van der Waals surface area contributed by atoms with Crippen molar-refractivity contribution in [1.82, 2.24) is 10.3 Å². The van der Waals surface area contributed by atoms with Gasteiger partial charge in [0.25, 0.3) is 0 Å². The van der Waals surface area contributed by atoms with Gasteiger partial charge in [-0.3, -0.25) is 19.7 Å². The number of carboxylic acid groups (broad SMARTS) is 1. The van der Waals surface area contributed by atoms with Crippen LogP contribution in [0, 0.1) is 18.8 Å². The number of carbonyl (C=O) groups is 3. The van der Waals surface area contributed by atoms with Gasteiger partial charge < -0.3 is 15.2 Å². The maximum absolute atomic E-state index is 14.0. The highest BCUT2D eigenvalue weighted by Gasteiger charge is 2.69. The highest BCUT2D eigenvalue weighted by molar-refractivity contribution is 6.24. The molecule has 0 saturated carbocycles. The average Bonchev–Trinajstić information content (AvgIpc) is 3.53. The van der Waals surface area contributed by atoms with Gasteiger partial charge in [-0.15, -0.1) is 0 Å². The van der Waals surface area contributed by atoms with Crippen molar-refractivity contribution in [1.29, 1.82) is 0 Å². The number of H-pyrrole nitrogens is 1. The van der Waals surface area contributed by atoms with E-state index in [0.717, 1.165) is 26.9 Å². The van der Waals surface area contributed by atoms with Crippen LogP contribution in [0.1, 0.15) is 22.7 Å². The van der Waals surface area contributed by atoms with E-state index in [0.29, 0.717) is 11.3 Å². The Morgan fingerprint density at radius 3 is 2.41 bits per heavy atom. The van der Waals surface area contributed by atoms with Crippen LogP contribution >= 0.6 is 0 Å². The first kappa shape index (κ1) is 23.0. The summed E-state index contributed by atoms with van der Waals surface area (Å²) in [6.07, 6.45) is 1.72. The van der Waals surface area contributed by atoms with Gasteiger partial charge in [-0.1, -0.05) is 54.1 Å². The number of anilines is 1. The number of phenolic OH excluding ortho intramolecular Hbond substituents is 1. The van der Waals surface area contributed by atoms with E-state index in [2.05, 4.69) is 10.3 Å². The van der Waals surface area contributed by atoms with Crippen LogP contribution in [0.2, 0.25) is 0 Å². The summed E-state index contributed by atoms with van der Waals surface area (Å²) in [5.74, 6) is -4.53. The molecule has 0 radical (unpaired) electrons. The minimum Gasteiger partial charge on any atom is -0.508 e. The van der Waals surface area contributed by atoms with Crippen LogP contribution in [0.25, 0.3) is 10.9 Å². The third-order valence-electron chi connectivity index (χ3n) is 7.74. The van der Waals surface area contributed by atoms with E-state index in [1.165, 1.54) is 6.07 Å². The molecule has 3 heterocycles. The molecule has 4 aromatic rings. The Hall–Kier alpha value is -4.43. The molecule has 0 bridgehead atoms. The van der Waals surface area contributed by atoms with E-state index in [1.807, 2.05) is 31.2 Å². The number of imide groups is 1. The summed E-state index contributed by atoms with van der Waals surface area (Å²) in [7, 11) is 0. The van der Waals surface area contributed by atoms with Crippen LogP contribution in [0.4, 0.5) is 5.69 Å². The number of carbonyl (C=O) groups excluding carboxylic acids is 2. The Balaban J connectivity index is 1.52. The lowest BCUT2D eigenvalue weighted by atomic mass is 9.76. The van der Waals surface area contributed by atoms with Gasteiger partial charge >= 0.3 is 5.97 Å². The zero-order valence-corrected chi connectivity index (χ0v) is 20.0. The molecule has 8 nitrogen and oxygen atoms in total. The predicted molar refractivity (Wildman–Crippen MR) is 137 cm³/mol. The fourth-order valence-corrected chi connectivity index (χ4v) is 5.98. The minimum absolute atomic E-state index is 0.0294. The van der Waals surface area contributed by atoms with Crippen LogP contribution in [-0.4, -0.2) is 38.5 Å². The number of amides is 2. The number of aromatic amines is 1. The molecule has 1 aromatic heterocycles. The number of benzene rings is 3. The lowest BCUT2D eigenvalue weighted by Gasteiger charge is -2.31. The molecule has 6 rings (SSSR count). The molecule has 2 amide bonds. The summed E-state index contributed by atoms with van der Waals surface area (Å²) in [5.41, 5.74) is 1.53. The Bertz CT molecular complexity index is 1560. The van der Waals surface area contributed by atoms with Crippen LogP contribution < -0.4 is 10.2 Å². The molecule has 4 atom stereocenters. The molecular formula is C29H25N3O5. The first-order valence-corrected chi connectivity index (χ1v) is 12.1. The van der Waals surface area contributed by atoms with Gasteiger partial charge in [-0.2, -0.15) is 0 Å². The van der Waals surface area contributed by atoms with E-state index in [1.54, 1.807) is 48.7 Å². The van der Waals surface area contributed by atoms with Gasteiger partial charge in [0.15, 0.2) is 0 Å². The van der Waals surface area contributed by atoms with Gasteiger partial charge in [0.1, 0.15) is 11.3 Å². The van der Waals surface area contributed by atoms with E-state index in [4.69, 9.17) is 0 Å². The van der Waals surface area contributed by atoms with Gasteiger partial charge in [-0.25, -0.2) is 4.90 Å². The van der Waals surface area contributed by atoms with Crippen molar-refractivity contribution in [3.63, 3.8) is 0 Å². The summed E-state index contributed by atoms with van der Waals surface area (Å²) in [6.45, 7) is 1.90. The number of nitrogens with zero attached hydrogens (tertiary/aromatic N) is 1. The number of aromatic hydroxyl groups is 1. The Kier molecular flexibility index (Phi) is 5.17. The van der Waals surface area contributed by atoms with Gasteiger partial charge in [0.05, 0.1) is 17.5 Å². The van der Waals surface area contributed by atoms with E-state index >= 15 is 0 Å². The molecule has 4 N–H and O–H groups in total. The van der Waals surface area contributed by atoms with Crippen LogP contribution in [-0.2, 0) is 20.8 Å². The van der Waals surface area contributed by atoms with Crippen molar-refractivity contribution in [2.45, 2.75) is 24.9 Å². The van der Waals surface area contributed by atoms with Crippen molar-refractivity contribution in [2.24, 2.45) is 11.8 Å². The molecule has 2 saturated heterocycles. The topological polar surface area (TPSA) is 123 Å². The smallest absolute Gasteiger partial charge is 0.325 e. The number of fused-ring (bicyclic) bond motifs is 2. The highest BCUT2D eigenvalue weighted by Crippen LogP contribution is 2.52. The van der Waals surface area contributed by atoms with E-state index in [9.17, 15) is 24.6 Å². The highest BCUT2D eigenvalue weighted by atomic mass is 16.4. The van der Waals surface area contributed by atoms with Crippen LogP contribution in [0.15, 0.2) is 79.0 Å². The quantitative estimate of drug-likeness (QED) is 0.313. The van der Waals surface area contributed by atoms with Crippen molar-refractivity contribution in [3.05, 3.63) is 95.7 Å². The minimum atomic E-state index is -1.78. The van der Waals surface area contributed by atoms with Crippen molar-refractivity contribution in [3.8, 4) is 5.75 Å².